The van der Waals surface area contributed by atoms with E-state index in [-0.39, 0.29) is 21.3 Å². The van der Waals surface area contributed by atoms with Gasteiger partial charge in [-0.2, -0.15) is 13.2 Å². The molecule has 0 spiro atoms. The highest BCUT2D eigenvalue weighted by Crippen LogP contribution is 2.48. The van der Waals surface area contributed by atoms with Gasteiger partial charge in [0, 0.05) is 21.2 Å². The lowest BCUT2D eigenvalue weighted by molar-refractivity contribution is -0.269. The van der Waals surface area contributed by atoms with Crippen LogP contribution in [-0.2, 0) is 10.4 Å². The van der Waals surface area contributed by atoms with E-state index in [9.17, 15) is 13.2 Å². The Morgan fingerprint density at radius 3 is 2.41 bits per heavy atom. The second-order valence-electron chi connectivity index (χ2n) is 6.50. The third-order valence-corrected chi connectivity index (χ3v) is 5.00. The number of aryl methyl sites for hydroxylation is 1. The highest BCUT2D eigenvalue weighted by atomic mass is 35.5. The number of aromatic nitrogens is 3. The Bertz CT molecular complexity index is 1080. The highest BCUT2D eigenvalue weighted by Gasteiger charge is 2.59. The highest BCUT2D eigenvalue weighted by molar-refractivity contribution is 6.34. The van der Waals surface area contributed by atoms with Crippen LogP contribution in [0.4, 0.5) is 13.2 Å². The van der Waals surface area contributed by atoms with Crippen molar-refractivity contribution in [1.29, 1.82) is 0 Å². The van der Waals surface area contributed by atoms with E-state index >= 15 is 0 Å². The Kier molecular flexibility index (Phi) is 4.80. The second kappa shape index (κ2) is 7.05. The first kappa shape index (κ1) is 19.8. The van der Waals surface area contributed by atoms with Crippen LogP contribution in [0.1, 0.15) is 16.7 Å². The molecule has 0 saturated carbocycles. The molecule has 1 N–H and O–H groups in total. The van der Waals surface area contributed by atoms with Crippen LogP contribution >= 0.6 is 23.2 Å². The van der Waals surface area contributed by atoms with E-state index in [1.54, 1.807) is 29.1 Å². The number of hydrogen-bond acceptors (Lipinski definition) is 4. The van der Waals surface area contributed by atoms with Gasteiger partial charge in [0.1, 0.15) is 0 Å². The molecule has 5 nitrogen and oxygen atoms in total. The van der Waals surface area contributed by atoms with Gasteiger partial charge < -0.3 is 0 Å². The lowest BCUT2D eigenvalue weighted by Crippen LogP contribution is -2.42. The third kappa shape index (κ3) is 3.48. The molecule has 0 radical (unpaired) electrons. The van der Waals surface area contributed by atoms with Crippen molar-refractivity contribution in [3.63, 3.8) is 0 Å². The van der Waals surface area contributed by atoms with Gasteiger partial charge in [0.2, 0.25) is 5.60 Å². The van der Waals surface area contributed by atoms with Crippen molar-refractivity contribution in [2.75, 3.05) is 0 Å². The Balaban J connectivity index is 1.79. The van der Waals surface area contributed by atoms with Crippen LogP contribution in [0, 0.1) is 6.92 Å². The zero-order chi connectivity index (χ0) is 20.8. The van der Waals surface area contributed by atoms with Gasteiger partial charge in [-0.25, -0.2) is 4.68 Å². The van der Waals surface area contributed by atoms with Gasteiger partial charge >= 0.3 is 6.18 Å². The lowest BCUT2D eigenvalue weighted by atomic mass is 9.91. The lowest BCUT2D eigenvalue weighted by Gasteiger charge is -2.28. The van der Waals surface area contributed by atoms with Crippen molar-refractivity contribution < 1.29 is 18.0 Å². The number of nitrogens with zero attached hydrogens (tertiary/aromatic N) is 3. The molecule has 3 aromatic rings. The van der Waals surface area contributed by atoms with Gasteiger partial charge in [-0.3, -0.25) is 10.3 Å². The molecular formula is C19H13Cl2F3N4O. The molecule has 29 heavy (non-hydrogen) atoms. The minimum absolute atomic E-state index is 0.0783. The number of hydrogen-bond donors (Lipinski definition) is 1. The van der Waals surface area contributed by atoms with E-state index < -0.39 is 11.8 Å². The molecule has 1 aliphatic heterocycles. The van der Waals surface area contributed by atoms with Crippen LogP contribution < -0.4 is 5.48 Å². The molecule has 1 aromatic heterocycles. The van der Waals surface area contributed by atoms with Crippen molar-refractivity contribution in [1.82, 2.24) is 20.5 Å². The summed E-state index contributed by atoms with van der Waals surface area (Å²) >= 11 is 11.8. The van der Waals surface area contributed by atoms with E-state index in [0.717, 1.165) is 17.3 Å². The smallest absolute Gasteiger partial charge is 0.265 e. The largest absolute Gasteiger partial charge is 0.428 e. The summed E-state index contributed by atoms with van der Waals surface area (Å²) in [6.45, 7) is 1.82. The van der Waals surface area contributed by atoms with Crippen molar-refractivity contribution >= 4 is 28.9 Å². The average molecular weight is 441 g/mol. The number of benzene rings is 2. The van der Waals surface area contributed by atoms with E-state index in [4.69, 9.17) is 28.0 Å². The molecule has 0 bridgehead atoms. The van der Waals surface area contributed by atoms with Gasteiger partial charge in [-0.1, -0.05) is 34.5 Å². The number of nitrogens with one attached hydrogen (secondary N) is 1. The molecule has 150 valence electrons. The van der Waals surface area contributed by atoms with Crippen molar-refractivity contribution in [2.45, 2.75) is 18.7 Å². The van der Waals surface area contributed by atoms with Crippen LogP contribution in [-0.4, -0.2) is 21.2 Å². The molecule has 0 saturated heterocycles. The summed E-state index contributed by atoms with van der Waals surface area (Å²) in [7, 11) is 0. The Morgan fingerprint density at radius 1 is 1.10 bits per heavy atom. The van der Waals surface area contributed by atoms with Crippen molar-refractivity contribution in [2.24, 2.45) is 0 Å². The van der Waals surface area contributed by atoms with Gasteiger partial charge in [0.05, 0.1) is 23.8 Å². The fourth-order valence-corrected chi connectivity index (χ4v) is 3.70. The van der Waals surface area contributed by atoms with Gasteiger partial charge in [0.25, 0.3) is 0 Å². The normalized spacial score (nSPS) is 19.2. The van der Waals surface area contributed by atoms with E-state index in [0.29, 0.717) is 5.56 Å². The number of alkyl halides is 3. The monoisotopic (exact) mass is 440 g/mol. The standard InChI is InChI=1S/C19H13Cl2F3N4O/c1-11-6-12(2-3-17(11)28-5-4-25-27-28)16-10-18(29-26-16,19(22,23)24)13-7-14(20)9-15(21)8-13/h2-10,26H,1H3. The topological polar surface area (TPSA) is 52.0 Å². The molecule has 2 aromatic carbocycles. The van der Waals surface area contributed by atoms with Gasteiger partial charge in [-0.15, -0.1) is 5.10 Å². The summed E-state index contributed by atoms with van der Waals surface area (Å²) in [4.78, 5) is 5.10. The molecule has 4 rings (SSSR count). The first-order valence-corrected chi connectivity index (χ1v) is 9.13. The SMILES string of the molecule is Cc1cc(C2=CC(c3cc(Cl)cc(Cl)c3)(C(F)(F)F)ON2)ccc1-n1ccnn1. The van der Waals surface area contributed by atoms with Crippen LogP contribution in [0.3, 0.4) is 0 Å². The first-order chi connectivity index (χ1) is 13.7. The second-order valence-corrected chi connectivity index (χ2v) is 7.38. The average Bonchev–Trinajstić information content (AvgIpc) is 3.31. The van der Waals surface area contributed by atoms with Crippen LogP contribution in [0.25, 0.3) is 11.4 Å². The van der Waals surface area contributed by atoms with Crippen LogP contribution in [0.2, 0.25) is 10.0 Å². The molecule has 0 amide bonds. The molecule has 10 heteroatoms. The third-order valence-electron chi connectivity index (χ3n) is 4.56. The first-order valence-electron chi connectivity index (χ1n) is 8.37. The maximum atomic E-state index is 14.1. The fourth-order valence-electron chi connectivity index (χ4n) is 3.17. The number of hydroxylamine groups is 1. The predicted octanol–water partition coefficient (Wildman–Crippen LogP) is 5.22. The molecule has 1 atom stereocenters. The van der Waals surface area contributed by atoms with E-state index in [1.165, 1.54) is 24.4 Å². The van der Waals surface area contributed by atoms with Crippen LogP contribution in [0.5, 0.6) is 0 Å². The molecule has 0 fully saturated rings. The van der Waals surface area contributed by atoms with Gasteiger partial charge in [-0.05, 0) is 48.9 Å². The summed E-state index contributed by atoms with van der Waals surface area (Å²) in [5.74, 6) is 0. The summed E-state index contributed by atoms with van der Waals surface area (Å²) in [5.41, 5.74) is 1.71. The van der Waals surface area contributed by atoms with Crippen molar-refractivity contribution in [3.8, 4) is 5.69 Å². The quantitative estimate of drug-likeness (QED) is 0.606. The number of halogens is 5. The fraction of sp³-hybridized carbons (Fsp3) is 0.158. The van der Waals surface area contributed by atoms with Crippen molar-refractivity contribution in [3.05, 3.63) is 81.6 Å². The Labute approximate surface area is 173 Å². The summed E-state index contributed by atoms with van der Waals surface area (Å²) in [6, 6.07) is 8.87. The predicted molar refractivity (Wildman–Crippen MR) is 102 cm³/mol. The summed E-state index contributed by atoms with van der Waals surface area (Å²) in [5, 5.41) is 7.84. The van der Waals surface area contributed by atoms with E-state index in [2.05, 4.69) is 15.8 Å². The van der Waals surface area contributed by atoms with Gasteiger partial charge in [0.15, 0.2) is 0 Å². The molecular weight excluding hydrogens is 428 g/mol. The number of rotatable bonds is 3. The summed E-state index contributed by atoms with van der Waals surface area (Å²) < 4.78 is 43.8. The summed E-state index contributed by atoms with van der Waals surface area (Å²) in [6.07, 6.45) is -0.559. The zero-order valence-electron chi connectivity index (χ0n) is 14.8. The molecule has 1 aliphatic rings. The Hall–Kier alpha value is -2.55. The minimum atomic E-state index is -4.76. The zero-order valence-corrected chi connectivity index (χ0v) is 16.3. The maximum absolute atomic E-state index is 14.1. The molecule has 0 aliphatic carbocycles. The van der Waals surface area contributed by atoms with Crippen LogP contribution in [0.15, 0.2) is 54.9 Å². The molecule has 1 unspecified atom stereocenters. The van der Waals surface area contributed by atoms with E-state index in [1.807, 2.05) is 6.92 Å². The molecule has 2 heterocycles. The Morgan fingerprint density at radius 2 is 1.83 bits per heavy atom. The maximum Gasteiger partial charge on any atom is 0.428 e. The minimum Gasteiger partial charge on any atom is -0.265 e.